The highest BCUT2D eigenvalue weighted by Gasteiger charge is 2.35. The van der Waals surface area contributed by atoms with Crippen LogP contribution in [0.2, 0.25) is 0 Å². The van der Waals surface area contributed by atoms with Crippen molar-refractivity contribution in [2.45, 2.75) is 13.1 Å². The van der Waals surface area contributed by atoms with E-state index in [4.69, 9.17) is 0 Å². The minimum absolute atomic E-state index is 0.0268. The van der Waals surface area contributed by atoms with Gasteiger partial charge in [0.05, 0.1) is 5.56 Å². The summed E-state index contributed by atoms with van der Waals surface area (Å²) in [6, 6.07) is 3.21. The Morgan fingerprint density at radius 3 is 2.42 bits per heavy atom. The Bertz CT molecular complexity index is 628. The van der Waals surface area contributed by atoms with E-state index in [-0.39, 0.29) is 16.7 Å². The van der Waals surface area contributed by atoms with E-state index in [1.54, 1.807) is 0 Å². The van der Waals surface area contributed by atoms with Crippen LogP contribution in [0.1, 0.15) is 22.8 Å². The molecule has 1 aromatic carbocycles. The molecule has 1 heterocycles. The number of Topliss-reactive ketones (excluding diaryl/α,β-unsaturated/α-hetero) is 1. The fourth-order valence-electron chi connectivity index (χ4n) is 1.77. The van der Waals surface area contributed by atoms with Crippen molar-refractivity contribution in [2.24, 2.45) is 0 Å². The first kappa shape index (κ1) is 13.7. The lowest BCUT2D eigenvalue weighted by atomic mass is 9.96. The molecule has 0 N–H and O–H groups in total. The molecule has 0 aliphatic carbocycles. The molecule has 1 nitrogen and oxygen atoms in total. The molecule has 0 aliphatic rings. The Balaban J connectivity index is 2.69. The fourth-order valence-corrected chi connectivity index (χ4v) is 2.63. The molecule has 0 atom stereocenters. The summed E-state index contributed by atoms with van der Waals surface area (Å²) in [6.07, 6.45) is -4.53. The summed E-state index contributed by atoms with van der Waals surface area (Å²) in [5.41, 5.74) is -0.973. The predicted molar refractivity (Wildman–Crippen MR) is 64.7 cm³/mol. The number of rotatable bonds is 2. The van der Waals surface area contributed by atoms with Crippen LogP contribution in [0.4, 0.5) is 17.6 Å². The van der Waals surface area contributed by atoms with Crippen LogP contribution in [0.15, 0.2) is 29.0 Å². The second-order valence-corrected chi connectivity index (χ2v) is 4.69. The van der Waals surface area contributed by atoms with E-state index in [9.17, 15) is 22.4 Å². The van der Waals surface area contributed by atoms with E-state index in [0.29, 0.717) is 0 Å². The standard InChI is InChI=1S/C13H8F4OS/c1-7(18)9-3-2-8(14)4-10(9)11-5-19-6-12(11)13(15,16)17/h2-6H,1H3. The molecule has 0 spiro atoms. The Kier molecular flexibility index (Phi) is 3.45. The van der Waals surface area contributed by atoms with Gasteiger partial charge in [0, 0.05) is 16.5 Å². The minimum Gasteiger partial charge on any atom is -0.294 e. The summed E-state index contributed by atoms with van der Waals surface area (Å²) < 4.78 is 51.7. The molecular formula is C13H8F4OS. The van der Waals surface area contributed by atoms with Crippen molar-refractivity contribution >= 4 is 17.1 Å². The maximum atomic E-state index is 13.2. The molecule has 0 bridgehead atoms. The monoisotopic (exact) mass is 288 g/mol. The maximum absolute atomic E-state index is 13.2. The number of carbonyl (C=O) groups is 1. The number of thiophene rings is 1. The number of ketones is 1. The van der Waals surface area contributed by atoms with Crippen LogP contribution >= 0.6 is 11.3 Å². The van der Waals surface area contributed by atoms with Crippen molar-refractivity contribution in [1.29, 1.82) is 0 Å². The molecule has 100 valence electrons. The molecule has 19 heavy (non-hydrogen) atoms. The fraction of sp³-hybridized carbons (Fsp3) is 0.154. The lowest BCUT2D eigenvalue weighted by Crippen LogP contribution is -2.06. The quantitative estimate of drug-likeness (QED) is 0.574. The predicted octanol–water partition coefficient (Wildman–Crippen LogP) is 4.78. The van der Waals surface area contributed by atoms with Gasteiger partial charge in [0.25, 0.3) is 0 Å². The zero-order valence-electron chi connectivity index (χ0n) is 9.72. The SMILES string of the molecule is CC(=O)c1ccc(F)cc1-c1cscc1C(F)(F)F. The Hall–Kier alpha value is -1.69. The number of halogens is 4. The Morgan fingerprint density at radius 2 is 1.84 bits per heavy atom. The highest BCUT2D eigenvalue weighted by molar-refractivity contribution is 7.08. The van der Waals surface area contributed by atoms with Gasteiger partial charge in [-0.25, -0.2) is 4.39 Å². The molecule has 0 unspecified atom stereocenters. The number of hydrogen-bond donors (Lipinski definition) is 0. The van der Waals surface area contributed by atoms with Crippen molar-refractivity contribution in [2.75, 3.05) is 0 Å². The van der Waals surface area contributed by atoms with Gasteiger partial charge in [0.2, 0.25) is 0 Å². The molecule has 6 heteroatoms. The lowest BCUT2D eigenvalue weighted by Gasteiger charge is -2.11. The summed E-state index contributed by atoms with van der Waals surface area (Å²) in [4.78, 5) is 11.4. The largest absolute Gasteiger partial charge is 0.417 e. The van der Waals surface area contributed by atoms with Gasteiger partial charge in [-0.2, -0.15) is 24.5 Å². The average molecular weight is 288 g/mol. The zero-order chi connectivity index (χ0) is 14.2. The summed E-state index contributed by atoms with van der Waals surface area (Å²) >= 11 is 0.860. The van der Waals surface area contributed by atoms with E-state index < -0.39 is 23.3 Å². The van der Waals surface area contributed by atoms with Crippen LogP contribution in [0.3, 0.4) is 0 Å². The van der Waals surface area contributed by atoms with E-state index >= 15 is 0 Å². The van der Waals surface area contributed by atoms with Crippen molar-refractivity contribution in [3.63, 3.8) is 0 Å². The summed E-state index contributed by atoms with van der Waals surface area (Å²) in [7, 11) is 0. The van der Waals surface area contributed by atoms with Crippen molar-refractivity contribution < 1.29 is 22.4 Å². The zero-order valence-corrected chi connectivity index (χ0v) is 10.5. The highest BCUT2D eigenvalue weighted by atomic mass is 32.1. The van der Waals surface area contributed by atoms with Gasteiger partial charge >= 0.3 is 6.18 Å². The van der Waals surface area contributed by atoms with Gasteiger partial charge in [0.15, 0.2) is 5.78 Å². The number of alkyl halides is 3. The molecule has 0 saturated carbocycles. The number of carbonyl (C=O) groups excluding carboxylic acids is 1. The molecule has 0 radical (unpaired) electrons. The van der Waals surface area contributed by atoms with Crippen molar-refractivity contribution in [3.05, 3.63) is 45.9 Å². The van der Waals surface area contributed by atoms with Crippen molar-refractivity contribution in [3.8, 4) is 11.1 Å². The minimum atomic E-state index is -4.53. The molecule has 0 aliphatic heterocycles. The molecule has 2 aromatic rings. The molecular weight excluding hydrogens is 280 g/mol. The third-order valence-electron chi connectivity index (χ3n) is 2.62. The van der Waals surface area contributed by atoms with Gasteiger partial charge in [-0.05, 0) is 36.1 Å². The first-order valence-electron chi connectivity index (χ1n) is 5.25. The lowest BCUT2D eigenvalue weighted by molar-refractivity contribution is -0.136. The maximum Gasteiger partial charge on any atom is 0.417 e. The second kappa shape index (κ2) is 4.77. The number of benzene rings is 1. The van der Waals surface area contributed by atoms with E-state index in [1.807, 2.05) is 0 Å². The van der Waals surface area contributed by atoms with E-state index in [2.05, 4.69) is 0 Å². The topological polar surface area (TPSA) is 17.1 Å². The van der Waals surface area contributed by atoms with Crippen LogP contribution in [0, 0.1) is 5.82 Å². The van der Waals surface area contributed by atoms with Gasteiger partial charge < -0.3 is 0 Å². The average Bonchev–Trinajstić information content (AvgIpc) is 2.76. The second-order valence-electron chi connectivity index (χ2n) is 3.94. The van der Waals surface area contributed by atoms with Crippen molar-refractivity contribution in [1.82, 2.24) is 0 Å². The van der Waals surface area contributed by atoms with Gasteiger partial charge in [-0.15, -0.1) is 0 Å². The van der Waals surface area contributed by atoms with Crippen LogP contribution < -0.4 is 0 Å². The summed E-state index contributed by atoms with van der Waals surface area (Å²) in [5, 5.41) is 2.22. The molecule has 2 rings (SSSR count). The highest BCUT2D eigenvalue weighted by Crippen LogP contribution is 2.40. The van der Waals surface area contributed by atoms with Crippen LogP contribution in [-0.2, 0) is 6.18 Å². The normalized spacial score (nSPS) is 11.6. The van der Waals surface area contributed by atoms with Gasteiger partial charge in [0.1, 0.15) is 5.82 Å². The van der Waals surface area contributed by atoms with Crippen LogP contribution in [-0.4, -0.2) is 5.78 Å². The first-order valence-corrected chi connectivity index (χ1v) is 6.19. The summed E-state index contributed by atoms with van der Waals surface area (Å²) in [6.45, 7) is 1.23. The molecule has 1 aromatic heterocycles. The molecule has 0 fully saturated rings. The van der Waals surface area contributed by atoms with E-state index in [1.165, 1.54) is 18.4 Å². The van der Waals surface area contributed by atoms with Gasteiger partial charge in [-0.1, -0.05) is 0 Å². The van der Waals surface area contributed by atoms with Crippen LogP contribution in [0.5, 0.6) is 0 Å². The van der Waals surface area contributed by atoms with Gasteiger partial charge in [-0.3, -0.25) is 4.79 Å². The molecule has 0 amide bonds. The van der Waals surface area contributed by atoms with Crippen LogP contribution in [0.25, 0.3) is 11.1 Å². The smallest absolute Gasteiger partial charge is 0.294 e. The number of hydrogen-bond acceptors (Lipinski definition) is 2. The Labute approximate surface area is 110 Å². The first-order chi connectivity index (χ1) is 8.80. The third-order valence-corrected chi connectivity index (χ3v) is 3.36. The summed E-state index contributed by atoms with van der Waals surface area (Å²) in [5.74, 6) is -1.09. The third kappa shape index (κ3) is 2.68. The Morgan fingerprint density at radius 1 is 1.16 bits per heavy atom. The van der Waals surface area contributed by atoms with E-state index in [0.717, 1.165) is 28.8 Å². The molecule has 0 saturated heterocycles.